The first-order chi connectivity index (χ1) is 10.8. The lowest BCUT2D eigenvalue weighted by Gasteiger charge is -2.18. The highest BCUT2D eigenvalue weighted by molar-refractivity contribution is 7.98. The summed E-state index contributed by atoms with van der Waals surface area (Å²) in [6.45, 7) is 3.49. The Morgan fingerprint density at radius 3 is 2.74 bits per heavy atom. The Labute approximate surface area is 135 Å². The van der Waals surface area contributed by atoms with Crippen LogP contribution in [0, 0.1) is 5.92 Å². The Balaban J connectivity index is 2.26. The molecule has 0 aliphatic carbocycles. The number of rotatable bonds is 4. The molecular weight excluding hydrogens is 322 g/mol. The zero-order valence-corrected chi connectivity index (χ0v) is 13.6. The van der Waals surface area contributed by atoms with Gasteiger partial charge in [0, 0.05) is 0 Å². The number of imide groups is 1. The zero-order chi connectivity index (χ0) is 17.1. The minimum absolute atomic E-state index is 0.111. The number of imidazole rings is 1. The van der Waals surface area contributed by atoms with E-state index in [4.69, 9.17) is 5.73 Å². The van der Waals surface area contributed by atoms with Crippen LogP contribution in [0.3, 0.4) is 0 Å². The van der Waals surface area contributed by atoms with Gasteiger partial charge in [-0.15, -0.1) is 0 Å². The monoisotopic (exact) mass is 339 g/mol. The Bertz CT molecular complexity index is 733. The van der Waals surface area contributed by atoms with Crippen LogP contribution in [0.4, 0.5) is 10.6 Å². The van der Waals surface area contributed by atoms with Crippen LogP contribution in [-0.2, 0) is 4.79 Å². The topological polar surface area (TPSA) is 150 Å². The molecule has 10 nitrogen and oxygen atoms in total. The SMILES string of the molecule is CSc1nc(N(O)C(=O)NC(=O)C(N)C(C)C)c2[nH]cnc2n1. The van der Waals surface area contributed by atoms with Crippen LogP contribution in [-0.4, -0.2) is 49.4 Å². The number of thioether (sulfide) groups is 1. The molecule has 0 fully saturated rings. The van der Waals surface area contributed by atoms with Crippen LogP contribution in [0.25, 0.3) is 11.2 Å². The summed E-state index contributed by atoms with van der Waals surface area (Å²) in [4.78, 5) is 38.7. The number of amides is 3. The van der Waals surface area contributed by atoms with Gasteiger partial charge in [-0.2, -0.15) is 10.0 Å². The Kier molecular flexibility index (Phi) is 5.13. The fourth-order valence-electron chi connectivity index (χ4n) is 1.68. The van der Waals surface area contributed by atoms with E-state index in [2.05, 4.69) is 19.9 Å². The van der Waals surface area contributed by atoms with E-state index in [1.54, 1.807) is 20.1 Å². The third kappa shape index (κ3) is 3.57. The van der Waals surface area contributed by atoms with E-state index in [0.717, 1.165) is 0 Å². The van der Waals surface area contributed by atoms with Crippen molar-refractivity contribution in [2.45, 2.75) is 25.0 Å². The molecule has 5 N–H and O–H groups in total. The van der Waals surface area contributed by atoms with Crippen LogP contribution in [0.1, 0.15) is 13.8 Å². The molecule has 0 aliphatic heterocycles. The summed E-state index contributed by atoms with van der Waals surface area (Å²) < 4.78 is 0. The fourth-order valence-corrected chi connectivity index (χ4v) is 2.04. The molecule has 1 atom stereocenters. The molecule has 0 radical (unpaired) electrons. The third-order valence-electron chi connectivity index (χ3n) is 3.07. The zero-order valence-electron chi connectivity index (χ0n) is 12.8. The van der Waals surface area contributed by atoms with Gasteiger partial charge < -0.3 is 10.7 Å². The van der Waals surface area contributed by atoms with Crippen molar-refractivity contribution in [1.29, 1.82) is 0 Å². The van der Waals surface area contributed by atoms with Crippen molar-refractivity contribution in [1.82, 2.24) is 25.3 Å². The van der Waals surface area contributed by atoms with Crippen LogP contribution in [0.2, 0.25) is 0 Å². The van der Waals surface area contributed by atoms with Crippen molar-refractivity contribution in [2.75, 3.05) is 11.3 Å². The highest BCUT2D eigenvalue weighted by atomic mass is 32.2. The summed E-state index contributed by atoms with van der Waals surface area (Å²) >= 11 is 1.22. The quantitative estimate of drug-likeness (QED) is 0.272. The summed E-state index contributed by atoms with van der Waals surface area (Å²) in [7, 11) is 0. The summed E-state index contributed by atoms with van der Waals surface area (Å²) in [5.74, 6) is -0.958. The molecule has 2 aromatic rings. The number of H-pyrrole nitrogens is 1. The lowest BCUT2D eigenvalue weighted by atomic mass is 10.1. The molecule has 0 spiro atoms. The minimum atomic E-state index is -1.06. The summed E-state index contributed by atoms with van der Waals surface area (Å²) in [5.41, 5.74) is 6.21. The van der Waals surface area contributed by atoms with Crippen molar-refractivity contribution in [2.24, 2.45) is 11.7 Å². The smallest absolute Gasteiger partial charge is 0.340 e. The number of nitrogens with zero attached hydrogens (tertiary/aromatic N) is 4. The lowest BCUT2D eigenvalue weighted by Crippen LogP contribution is -2.50. The average molecular weight is 339 g/mol. The number of nitrogens with one attached hydrogen (secondary N) is 2. The Hall–Kier alpha value is -2.24. The molecule has 2 aromatic heterocycles. The van der Waals surface area contributed by atoms with Gasteiger partial charge in [0.05, 0.1) is 12.4 Å². The van der Waals surface area contributed by atoms with Crippen LogP contribution < -0.4 is 16.1 Å². The molecule has 0 aromatic carbocycles. The maximum Gasteiger partial charge on any atom is 0.354 e. The Morgan fingerprint density at radius 2 is 2.13 bits per heavy atom. The van der Waals surface area contributed by atoms with E-state index in [9.17, 15) is 14.8 Å². The van der Waals surface area contributed by atoms with Gasteiger partial charge in [-0.05, 0) is 12.2 Å². The van der Waals surface area contributed by atoms with Gasteiger partial charge in [-0.25, -0.2) is 14.8 Å². The van der Waals surface area contributed by atoms with Crippen molar-refractivity contribution >= 4 is 40.7 Å². The van der Waals surface area contributed by atoms with E-state index < -0.39 is 18.0 Å². The van der Waals surface area contributed by atoms with Gasteiger partial charge in [0.2, 0.25) is 5.91 Å². The number of hydroxylamine groups is 1. The molecular formula is C12H17N7O3S. The molecule has 2 rings (SSSR count). The van der Waals surface area contributed by atoms with Crippen molar-refractivity contribution in [3.63, 3.8) is 0 Å². The molecule has 0 saturated heterocycles. The predicted octanol–water partition coefficient (Wildman–Crippen LogP) is 0.490. The molecule has 3 amide bonds. The number of anilines is 1. The molecule has 2 heterocycles. The predicted molar refractivity (Wildman–Crippen MR) is 84.1 cm³/mol. The summed E-state index contributed by atoms with van der Waals surface area (Å²) in [5, 5.41) is 12.6. The molecule has 0 saturated carbocycles. The first-order valence-corrected chi connectivity index (χ1v) is 7.92. The highest BCUT2D eigenvalue weighted by Gasteiger charge is 2.25. The van der Waals surface area contributed by atoms with E-state index in [1.165, 1.54) is 18.1 Å². The lowest BCUT2D eigenvalue weighted by molar-refractivity contribution is -0.122. The van der Waals surface area contributed by atoms with Crippen LogP contribution in [0.5, 0.6) is 0 Å². The third-order valence-corrected chi connectivity index (χ3v) is 3.62. The molecule has 0 bridgehead atoms. The second kappa shape index (κ2) is 6.89. The molecule has 23 heavy (non-hydrogen) atoms. The maximum absolute atomic E-state index is 12.0. The number of carbonyl (C=O) groups excluding carboxylic acids is 2. The maximum atomic E-state index is 12.0. The molecule has 124 valence electrons. The number of hydrogen-bond acceptors (Lipinski definition) is 8. The van der Waals surface area contributed by atoms with Gasteiger partial charge in [0.1, 0.15) is 5.52 Å². The van der Waals surface area contributed by atoms with Gasteiger partial charge >= 0.3 is 6.03 Å². The van der Waals surface area contributed by atoms with E-state index in [1.807, 2.05) is 5.32 Å². The number of aromatic amines is 1. The summed E-state index contributed by atoms with van der Waals surface area (Å²) in [6.07, 6.45) is 3.10. The molecule has 1 unspecified atom stereocenters. The highest BCUT2D eigenvalue weighted by Crippen LogP contribution is 2.23. The number of aromatic nitrogens is 4. The second-order valence-corrected chi connectivity index (χ2v) is 5.78. The number of hydrogen-bond donors (Lipinski definition) is 4. The van der Waals surface area contributed by atoms with Crippen LogP contribution >= 0.6 is 11.8 Å². The second-order valence-electron chi connectivity index (χ2n) is 5.01. The number of nitrogens with two attached hydrogens (primary N) is 1. The van der Waals surface area contributed by atoms with E-state index in [-0.39, 0.29) is 28.0 Å². The van der Waals surface area contributed by atoms with Gasteiger partial charge in [-0.3, -0.25) is 15.3 Å². The number of urea groups is 1. The van der Waals surface area contributed by atoms with E-state index in [0.29, 0.717) is 5.16 Å². The van der Waals surface area contributed by atoms with Gasteiger partial charge in [0.15, 0.2) is 16.6 Å². The first-order valence-electron chi connectivity index (χ1n) is 6.69. The average Bonchev–Trinajstić information content (AvgIpc) is 3.00. The minimum Gasteiger partial charge on any atom is -0.340 e. The summed E-state index contributed by atoms with van der Waals surface area (Å²) in [6, 6.07) is -1.93. The standard InChI is InChI=1S/C12H17N7O3S/c1-5(2)6(13)10(20)18-12(21)19(22)9-7-8(15-4-14-7)16-11(17-9)23-3/h4-6,22H,13H2,1-3H3,(H,18,20,21)(H,14,15,16,17). The molecule has 0 aliphatic rings. The van der Waals surface area contributed by atoms with Crippen molar-refractivity contribution < 1.29 is 14.8 Å². The number of carbonyl (C=O) groups is 2. The van der Waals surface area contributed by atoms with Crippen molar-refractivity contribution in [3.05, 3.63) is 6.33 Å². The van der Waals surface area contributed by atoms with Gasteiger partial charge in [0.25, 0.3) is 0 Å². The normalized spacial score (nSPS) is 12.4. The van der Waals surface area contributed by atoms with Crippen LogP contribution in [0.15, 0.2) is 11.5 Å². The Morgan fingerprint density at radius 1 is 1.43 bits per heavy atom. The largest absolute Gasteiger partial charge is 0.354 e. The van der Waals surface area contributed by atoms with Gasteiger partial charge in [-0.1, -0.05) is 25.6 Å². The number of fused-ring (bicyclic) bond motifs is 1. The molecule has 11 heteroatoms. The van der Waals surface area contributed by atoms with Crippen molar-refractivity contribution in [3.8, 4) is 0 Å². The van der Waals surface area contributed by atoms with E-state index >= 15 is 0 Å². The fraction of sp³-hybridized carbons (Fsp3) is 0.417. The first kappa shape index (κ1) is 17.1.